The van der Waals surface area contributed by atoms with Crippen molar-refractivity contribution in [3.63, 3.8) is 0 Å². The summed E-state index contributed by atoms with van der Waals surface area (Å²) in [6, 6.07) is 6.25. The summed E-state index contributed by atoms with van der Waals surface area (Å²) in [6.07, 6.45) is 4.70. The van der Waals surface area contributed by atoms with Crippen LogP contribution in [0, 0.1) is 0 Å². The third-order valence-electron chi connectivity index (χ3n) is 3.28. The number of nitrogens with one attached hydrogen (secondary N) is 2. The van der Waals surface area contributed by atoms with E-state index < -0.39 is 0 Å². The summed E-state index contributed by atoms with van der Waals surface area (Å²) in [6.45, 7) is 5.89. The number of anilines is 2. The van der Waals surface area contributed by atoms with Gasteiger partial charge in [-0.1, -0.05) is 26.7 Å². The molecule has 1 atom stereocenters. The summed E-state index contributed by atoms with van der Waals surface area (Å²) in [5, 5.41) is 6.29. The summed E-state index contributed by atoms with van der Waals surface area (Å²) in [5.41, 5.74) is 1.73. The molecule has 0 aliphatic rings. The number of benzene rings is 1. The van der Waals surface area contributed by atoms with Gasteiger partial charge in [-0.05, 0) is 25.0 Å². The Morgan fingerprint density at radius 1 is 1.35 bits per heavy atom. The van der Waals surface area contributed by atoms with Gasteiger partial charge in [0.25, 0.3) is 0 Å². The Hall–Kier alpha value is -1.71. The van der Waals surface area contributed by atoms with E-state index >= 15 is 0 Å². The van der Waals surface area contributed by atoms with E-state index in [9.17, 15) is 4.79 Å². The van der Waals surface area contributed by atoms with Gasteiger partial charge in [-0.2, -0.15) is 0 Å². The molecule has 1 unspecified atom stereocenters. The zero-order valence-electron chi connectivity index (χ0n) is 13.0. The molecular weight excluding hydrogens is 252 g/mol. The van der Waals surface area contributed by atoms with E-state index in [0.29, 0.717) is 17.5 Å². The fourth-order valence-corrected chi connectivity index (χ4v) is 2.14. The van der Waals surface area contributed by atoms with E-state index in [1.165, 1.54) is 26.2 Å². The van der Waals surface area contributed by atoms with Crippen molar-refractivity contribution in [2.24, 2.45) is 0 Å². The number of hydrogen-bond acceptors (Lipinski definition) is 3. The Morgan fingerprint density at radius 3 is 2.65 bits per heavy atom. The second-order valence-corrected chi connectivity index (χ2v) is 4.99. The van der Waals surface area contributed by atoms with Crippen molar-refractivity contribution in [2.45, 2.75) is 52.5 Å². The molecule has 4 nitrogen and oxygen atoms in total. The van der Waals surface area contributed by atoms with Gasteiger partial charge < -0.3 is 15.4 Å². The number of unbranched alkanes of at least 4 members (excludes halogenated alkanes) is 1. The number of rotatable bonds is 8. The summed E-state index contributed by atoms with van der Waals surface area (Å²) >= 11 is 0. The first-order valence-corrected chi connectivity index (χ1v) is 7.32. The molecule has 1 rings (SSSR count). The predicted octanol–water partition coefficient (Wildman–Crippen LogP) is 4.03. The highest BCUT2D eigenvalue weighted by atomic mass is 16.5. The van der Waals surface area contributed by atoms with Gasteiger partial charge in [0.2, 0.25) is 5.91 Å². The van der Waals surface area contributed by atoms with Gasteiger partial charge in [-0.15, -0.1) is 0 Å². The molecule has 4 heteroatoms. The van der Waals surface area contributed by atoms with Crippen LogP contribution in [0.5, 0.6) is 5.75 Å². The highest BCUT2D eigenvalue weighted by molar-refractivity contribution is 5.90. The molecule has 0 aromatic heterocycles. The average molecular weight is 278 g/mol. The molecule has 1 amide bonds. The van der Waals surface area contributed by atoms with Crippen molar-refractivity contribution in [3.05, 3.63) is 18.2 Å². The van der Waals surface area contributed by atoms with Gasteiger partial charge in [-0.3, -0.25) is 4.79 Å². The fourth-order valence-electron chi connectivity index (χ4n) is 2.14. The standard InChI is InChI=1S/C16H26N2O2/c1-5-7-8-13(6-2)18-14-9-10-15(17-12(3)19)16(11-14)20-4/h9-11,13,18H,5-8H2,1-4H3,(H,17,19). The lowest BCUT2D eigenvalue weighted by Crippen LogP contribution is -2.18. The summed E-state index contributed by atoms with van der Waals surface area (Å²) in [5.74, 6) is 0.578. The number of methoxy groups -OCH3 is 1. The van der Waals surface area contributed by atoms with Crippen LogP contribution in [0.4, 0.5) is 11.4 Å². The SMILES string of the molecule is CCCCC(CC)Nc1ccc(NC(C)=O)c(OC)c1. The fraction of sp³-hybridized carbons (Fsp3) is 0.562. The zero-order chi connectivity index (χ0) is 15.0. The monoisotopic (exact) mass is 278 g/mol. The molecule has 0 spiro atoms. The lowest BCUT2D eigenvalue weighted by atomic mass is 10.1. The summed E-state index contributed by atoms with van der Waals surface area (Å²) in [4.78, 5) is 11.1. The normalized spacial score (nSPS) is 11.8. The van der Waals surface area contributed by atoms with Crippen LogP contribution >= 0.6 is 0 Å². The predicted molar refractivity (Wildman–Crippen MR) is 84.5 cm³/mol. The van der Waals surface area contributed by atoms with Crippen molar-refractivity contribution in [1.29, 1.82) is 0 Å². The van der Waals surface area contributed by atoms with Crippen molar-refractivity contribution in [1.82, 2.24) is 0 Å². The number of amides is 1. The summed E-state index contributed by atoms with van der Waals surface area (Å²) in [7, 11) is 1.61. The molecule has 0 saturated carbocycles. The first-order valence-electron chi connectivity index (χ1n) is 7.32. The van der Waals surface area contributed by atoms with Gasteiger partial charge in [0, 0.05) is 24.7 Å². The Morgan fingerprint density at radius 2 is 2.10 bits per heavy atom. The number of ether oxygens (including phenoxy) is 1. The van der Waals surface area contributed by atoms with Crippen molar-refractivity contribution in [2.75, 3.05) is 17.7 Å². The third-order valence-corrected chi connectivity index (χ3v) is 3.28. The molecule has 1 aromatic rings. The molecule has 2 N–H and O–H groups in total. The minimum absolute atomic E-state index is 0.0987. The molecular formula is C16H26N2O2. The Balaban J connectivity index is 2.78. The Bertz CT molecular complexity index is 432. The highest BCUT2D eigenvalue weighted by Gasteiger charge is 2.09. The quantitative estimate of drug-likeness (QED) is 0.754. The highest BCUT2D eigenvalue weighted by Crippen LogP contribution is 2.28. The summed E-state index contributed by atoms with van der Waals surface area (Å²) < 4.78 is 5.33. The first-order chi connectivity index (χ1) is 9.60. The Kier molecular flexibility index (Phi) is 6.91. The molecule has 0 radical (unpaired) electrons. The van der Waals surface area contributed by atoms with Crippen LogP contribution in [0.15, 0.2) is 18.2 Å². The maximum Gasteiger partial charge on any atom is 0.221 e. The van der Waals surface area contributed by atoms with E-state index in [1.807, 2.05) is 18.2 Å². The Labute approximate surface area is 121 Å². The lowest BCUT2D eigenvalue weighted by molar-refractivity contribution is -0.114. The van der Waals surface area contributed by atoms with Crippen LogP contribution < -0.4 is 15.4 Å². The van der Waals surface area contributed by atoms with Gasteiger partial charge >= 0.3 is 0 Å². The molecule has 0 bridgehead atoms. The van der Waals surface area contributed by atoms with Crippen LogP contribution in [0.1, 0.15) is 46.5 Å². The largest absolute Gasteiger partial charge is 0.494 e. The van der Waals surface area contributed by atoms with Crippen molar-refractivity contribution in [3.8, 4) is 5.75 Å². The minimum Gasteiger partial charge on any atom is -0.494 e. The minimum atomic E-state index is -0.0987. The van der Waals surface area contributed by atoms with E-state index in [2.05, 4.69) is 24.5 Å². The molecule has 0 aliphatic carbocycles. The van der Waals surface area contributed by atoms with E-state index in [0.717, 1.165) is 12.1 Å². The van der Waals surface area contributed by atoms with Crippen LogP contribution in [0.2, 0.25) is 0 Å². The number of carbonyl (C=O) groups excluding carboxylic acids is 1. The number of carbonyl (C=O) groups is 1. The van der Waals surface area contributed by atoms with Crippen molar-refractivity contribution >= 4 is 17.3 Å². The van der Waals surface area contributed by atoms with Gasteiger partial charge in [0.1, 0.15) is 5.75 Å². The lowest BCUT2D eigenvalue weighted by Gasteiger charge is -2.19. The molecule has 20 heavy (non-hydrogen) atoms. The van der Waals surface area contributed by atoms with E-state index in [-0.39, 0.29) is 5.91 Å². The van der Waals surface area contributed by atoms with E-state index in [4.69, 9.17) is 4.74 Å². The molecule has 0 aliphatic heterocycles. The smallest absolute Gasteiger partial charge is 0.221 e. The second-order valence-electron chi connectivity index (χ2n) is 4.99. The molecule has 0 saturated heterocycles. The first kappa shape index (κ1) is 16.3. The van der Waals surface area contributed by atoms with Gasteiger partial charge in [0.15, 0.2) is 0 Å². The van der Waals surface area contributed by atoms with Crippen LogP contribution in [0.25, 0.3) is 0 Å². The third kappa shape index (κ3) is 5.11. The average Bonchev–Trinajstić information content (AvgIpc) is 2.44. The molecule has 0 heterocycles. The van der Waals surface area contributed by atoms with E-state index in [1.54, 1.807) is 7.11 Å². The zero-order valence-corrected chi connectivity index (χ0v) is 13.0. The maximum absolute atomic E-state index is 11.1. The van der Waals surface area contributed by atoms with Gasteiger partial charge in [-0.25, -0.2) is 0 Å². The topological polar surface area (TPSA) is 50.4 Å². The molecule has 0 fully saturated rings. The number of hydrogen-bond donors (Lipinski definition) is 2. The second kappa shape index (κ2) is 8.46. The molecule has 1 aromatic carbocycles. The molecule has 112 valence electrons. The van der Waals surface area contributed by atoms with Gasteiger partial charge in [0.05, 0.1) is 12.8 Å². The van der Waals surface area contributed by atoms with Crippen LogP contribution in [-0.2, 0) is 4.79 Å². The van der Waals surface area contributed by atoms with Crippen LogP contribution in [0.3, 0.4) is 0 Å². The van der Waals surface area contributed by atoms with Crippen LogP contribution in [-0.4, -0.2) is 19.1 Å². The maximum atomic E-state index is 11.1. The van der Waals surface area contributed by atoms with Crippen molar-refractivity contribution < 1.29 is 9.53 Å².